The zero-order valence-corrected chi connectivity index (χ0v) is 13.3. The molecule has 122 valence electrons. The number of imidazole rings is 1. The van der Waals surface area contributed by atoms with E-state index >= 15 is 0 Å². The highest BCUT2D eigenvalue weighted by atomic mass is 16.5. The van der Waals surface area contributed by atoms with Crippen LogP contribution < -0.4 is 5.32 Å². The number of hydrogen-bond donors (Lipinski definition) is 2. The molecule has 0 aromatic carbocycles. The lowest BCUT2D eigenvalue weighted by atomic mass is 10.1. The molecule has 1 aromatic rings. The molecule has 1 unspecified atom stereocenters. The van der Waals surface area contributed by atoms with E-state index in [-0.39, 0.29) is 5.91 Å². The van der Waals surface area contributed by atoms with Crippen molar-refractivity contribution >= 4 is 5.91 Å². The van der Waals surface area contributed by atoms with Gasteiger partial charge in [0.2, 0.25) is 5.91 Å². The van der Waals surface area contributed by atoms with E-state index in [1.807, 2.05) is 0 Å². The number of carbonyl (C=O) groups is 1. The summed E-state index contributed by atoms with van der Waals surface area (Å²) in [5.74, 6) is 1.01. The minimum Gasteiger partial charge on any atom is -0.380 e. The van der Waals surface area contributed by atoms with Crippen molar-refractivity contribution in [3.8, 4) is 0 Å². The van der Waals surface area contributed by atoms with Gasteiger partial charge in [-0.1, -0.05) is 0 Å². The topological polar surface area (TPSA) is 70.2 Å². The summed E-state index contributed by atoms with van der Waals surface area (Å²) in [6.07, 6.45) is 9.61. The summed E-state index contributed by atoms with van der Waals surface area (Å²) in [5.41, 5.74) is 0. The van der Waals surface area contributed by atoms with Crippen LogP contribution in [0.5, 0.6) is 0 Å². The molecule has 0 radical (unpaired) electrons. The van der Waals surface area contributed by atoms with Crippen molar-refractivity contribution in [2.45, 2.75) is 56.7 Å². The SMILES string of the molecule is COC1CCN([C@H]2CCC[C@H]2NC(=O)CCc2ncc[nH]2)C1. The molecule has 1 aliphatic carbocycles. The molecule has 0 bridgehead atoms. The fraction of sp³-hybridized carbons (Fsp3) is 0.750. The lowest BCUT2D eigenvalue weighted by molar-refractivity contribution is -0.122. The molecule has 3 rings (SSSR count). The second-order valence-corrected chi connectivity index (χ2v) is 6.35. The third kappa shape index (κ3) is 3.67. The average molecular weight is 306 g/mol. The third-order valence-corrected chi connectivity index (χ3v) is 4.95. The van der Waals surface area contributed by atoms with Crippen LogP contribution in [0, 0.1) is 0 Å². The maximum atomic E-state index is 12.2. The molecular formula is C16H26N4O2. The van der Waals surface area contributed by atoms with E-state index in [2.05, 4.69) is 20.2 Å². The van der Waals surface area contributed by atoms with Crippen molar-refractivity contribution < 1.29 is 9.53 Å². The second-order valence-electron chi connectivity index (χ2n) is 6.35. The van der Waals surface area contributed by atoms with Gasteiger partial charge in [-0.2, -0.15) is 0 Å². The van der Waals surface area contributed by atoms with Gasteiger partial charge in [0.15, 0.2) is 0 Å². The van der Waals surface area contributed by atoms with Gasteiger partial charge in [0.05, 0.1) is 6.10 Å². The van der Waals surface area contributed by atoms with Gasteiger partial charge in [0.1, 0.15) is 5.82 Å². The number of nitrogens with zero attached hydrogens (tertiary/aromatic N) is 2. The number of hydrogen-bond acceptors (Lipinski definition) is 4. The van der Waals surface area contributed by atoms with Crippen LogP contribution >= 0.6 is 0 Å². The van der Waals surface area contributed by atoms with E-state index in [1.54, 1.807) is 19.5 Å². The minimum absolute atomic E-state index is 0.135. The van der Waals surface area contributed by atoms with Gasteiger partial charge in [-0.25, -0.2) is 4.98 Å². The number of methoxy groups -OCH3 is 1. The Morgan fingerprint density at radius 1 is 1.50 bits per heavy atom. The number of rotatable bonds is 6. The number of carbonyl (C=O) groups excluding carboxylic acids is 1. The Morgan fingerprint density at radius 3 is 3.14 bits per heavy atom. The molecule has 0 spiro atoms. The van der Waals surface area contributed by atoms with Crippen molar-refractivity contribution in [1.82, 2.24) is 20.2 Å². The summed E-state index contributed by atoms with van der Waals surface area (Å²) >= 11 is 0. The summed E-state index contributed by atoms with van der Waals surface area (Å²) in [6.45, 7) is 2.09. The van der Waals surface area contributed by atoms with Gasteiger partial charge in [-0.3, -0.25) is 9.69 Å². The smallest absolute Gasteiger partial charge is 0.220 e. The van der Waals surface area contributed by atoms with Crippen LogP contribution in [-0.2, 0) is 16.0 Å². The maximum Gasteiger partial charge on any atom is 0.220 e. The Hall–Kier alpha value is -1.40. The van der Waals surface area contributed by atoms with E-state index in [0.29, 0.717) is 31.0 Å². The van der Waals surface area contributed by atoms with Gasteiger partial charge < -0.3 is 15.0 Å². The highest BCUT2D eigenvalue weighted by molar-refractivity contribution is 5.76. The summed E-state index contributed by atoms with van der Waals surface area (Å²) in [4.78, 5) is 21.9. The zero-order chi connectivity index (χ0) is 15.4. The molecule has 6 nitrogen and oxygen atoms in total. The first-order valence-corrected chi connectivity index (χ1v) is 8.30. The van der Waals surface area contributed by atoms with Crippen LogP contribution in [0.15, 0.2) is 12.4 Å². The van der Waals surface area contributed by atoms with Crippen LogP contribution in [0.2, 0.25) is 0 Å². The Balaban J connectivity index is 1.47. The van der Waals surface area contributed by atoms with Gasteiger partial charge >= 0.3 is 0 Å². The fourth-order valence-electron chi connectivity index (χ4n) is 3.74. The molecule has 22 heavy (non-hydrogen) atoms. The molecule has 2 fully saturated rings. The molecule has 3 atom stereocenters. The molecule has 2 heterocycles. The normalized spacial score (nSPS) is 29.0. The summed E-state index contributed by atoms with van der Waals surface area (Å²) in [6, 6.07) is 0.771. The van der Waals surface area contributed by atoms with Crippen LogP contribution in [0.25, 0.3) is 0 Å². The van der Waals surface area contributed by atoms with Crippen molar-refractivity contribution in [2.75, 3.05) is 20.2 Å². The maximum absolute atomic E-state index is 12.2. The van der Waals surface area contributed by atoms with Crippen molar-refractivity contribution in [3.05, 3.63) is 18.2 Å². The number of likely N-dealkylation sites (tertiary alicyclic amines) is 1. The van der Waals surface area contributed by atoms with Gasteiger partial charge in [0, 0.05) is 57.5 Å². The first-order chi connectivity index (χ1) is 10.8. The predicted octanol–water partition coefficient (Wildman–Crippen LogP) is 1.10. The lowest BCUT2D eigenvalue weighted by Gasteiger charge is -2.30. The first-order valence-electron chi connectivity index (χ1n) is 8.30. The molecule has 1 amide bonds. The van der Waals surface area contributed by atoms with Gasteiger partial charge in [-0.05, 0) is 25.7 Å². The zero-order valence-electron chi connectivity index (χ0n) is 13.3. The molecule has 1 aliphatic heterocycles. The largest absolute Gasteiger partial charge is 0.380 e. The van der Waals surface area contributed by atoms with Gasteiger partial charge in [0.25, 0.3) is 0 Å². The van der Waals surface area contributed by atoms with Crippen molar-refractivity contribution in [1.29, 1.82) is 0 Å². The molecule has 1 saturated heterocycles. The number of H-pyrrole nitrogens is 1. The third-order valence-electron chi connectivity index (χ3n) is 4.95. The summed E-state index contributed by atoms with van der Waals surface area (Å²) in [7, 11) is 1.79. The second kappa shape index (κ2) is 7.24. The fourth-order valence-corrected chi connectivity index (χ4v) is 3.74. The van der Waals surface area contributed by atoms with Crippen LogP contribution in [-0.4, -0.2) is 59.2 Å². The number of aromatic amines is 1. The minimum atomic E-state index is 0.135. The quantitative estimate of drug-likeness (QED) is 0.826. The Kier molecular flexibility index (Phi) is 5.10. The van der Waals surface area contributed by atoms with E-state index in [9.17, 15) is 4.79 Å². The number of ether oxygens (including phenoxy) is 1. The van der Waals surface area contributed by atoms with Crippen LogP contribution in [0.3, 0.4) is 0 Å². The molecule has 1 saturated carbocycles. The van der Waals surface area contributed by atoms with E-state index in [0.717, 1.165) is 31.8 Å². The molecule has 2 aliphatic rings. The Labute approximate surface area is 131 Å². The van der Waals surface area contributed by atoms with E-state index in [1.165, 1.54) is 12.8 Å². The number of aromatic nitrogens is 2. The average Bonchev–Trinajstić information content (AvgIpc) is 3.26. The molecule has 2 N–H and O–H groups in total. The van der Waals surface area contributed by atoms with Crippen molar-refractivity contribution in [3.63, 3.8) is 0 Å². The summed E-state index contributed by atoms with van der Waals surface area (Å²) in [5, 5.41) is 3.24. The standard InChI is InChI=1S/C16H26N4O2/c1-22-12-7-10-20(11-12)14-4-2-3-13(14)19-16(21)6-5-15-17-8-9-18-15/h8-9,12-14H,2-7,10-11H2,1H3,(H,17,18)(H,19,21)/t12?,13-,14+/m1/s1. The highest BCUT2D eigenvalue weighted by Gasteiger charge is 2.36. The highest BCUT2D eigenvalue weighted by Crippen LogP contribution is 2.28. The molecule has 1 aromatic heterocycles. The van der Waals surface area contributed by atoms with Gasteiger partial charge in [-0.15, -0.1) is 0 Å². The predicted molar refractivity (Wildman–Crippen MR) is 83.5 cm³/mol. The Morgan fingerprint density at radius 2 is 2.41 bits per heavy atom. The van der Waals surface area contributed by atoms with E-state index in [4.69, 9.17) is 4.74 Å². The monoisotopic (exact) mass is 306 g/mol. The lowest BCUT2D eigenvalue weighted by Crippen LogP contribution is -2.48. The van der Waals surface area contributed by atoms with Crippen LogP contribution in [0.4, 0.5) is 0 Å². The number of amides is 1. The summed E-state index contributed by atoms with van der Waals surface area (Å²) < 4.78 is 5.46. The molecular weight excluding hydrogens is 280 g/mol. The van der Waals surface area contributed by atoms with Crippen LogP contribution in [0.1, 0.15) is 37.9 Å². The number of aryl methyl sites for hydroxylation is 1. The van der Waals surface area contributed by atoms with Crippen molar-refractivity contribution in [2.24, 2.45) is 0 Å². The molecule has 6 heteroatoms. The van der Waals surface area contributed by atoms with E-state index < -0.39 is 0 Å². The number of nitrogens with one attached hydrogen (secondary N) is 2. The first kappa shape index (κ1) is 15.5. The Bertz CT molecular complexity index is 477.